The predicted molar refractivity (Wildman–Crippen MR) is 218 cm³/mol. The molecule has 0 aromatic heterocycles. The van der Waals surface area contributed by atoms with Gasteiger partial charge in [0.15, 0.2) is 22.6 Å². The summed E-state index contributed by atoms with van der Waals surface area (Å²) in [5.41, 5.74) is -9.90. The van der Waals surface area contributed by atoms with E-state index in [0.29, 0.717) is 22.3 Å². The highest BCUT2D eigenvalue weighted by Crippen LogP contribution is 2.44. The number of ether oxygens (including phenoxy) is 2. The monoisotopic (exact) mass is 915 g/mol. The SMILES string of the molecule is CC[C@H](C)[C@@H](C(=O)[C@@](C(=O)[C@@](C(=O)[C@](C)(O)C(=O)Oc1c(F)c(F)c(F)c(F)c1F)([C@@H](C)CC)N(C)C(=O)[C@@H](C)O)([C@@H](C)CC)N(C)C(=O)[C@@H](C)O)N(C)C(=O)OCc1ccccc1. The lowest BCUT2D eigenvalue weighted by Crippen LogP contribution is -2.80. The molecule has 9 atom stereocenters. The number of amides is 3. The van der Waals surface area contributed by atoms with Gasteiger partial charge in [0.1, 0.15) is 18.8 Å². The van der Waals surface area contributed by atoms with Crippen molar-refractivity contribution in [2.24, 2.45) is 17.8 Å². The fourth-order valence-corrected chi connectivity index (χ4v) is 7.73. The lowest BCUT2D eigenvalue weighted by atomic mass is 9.59. The zero-order valence-corrected chi connectivity index (χ0v) is 37.9. The van der Waals surface area contributed by atoms with Gasteiger partial charge in [0.2, 0.25) is 46.2 Å². The van der Waals surface area contributed by atoms with Gasteiger partial charge in [-0.1, -0.05) is 91.1 Å². The van der Waals surface area contributed by atoms with Crippen LogP contribution >= 0.6 is 0 Å². The van der Waals surface area contributed by atoms with E-state index in [1.165, 1.54) is 34.7 Å². The molecule has 0 aliphatic carbocycles. The Morgan fingerprint density at radius 3 is 1.50 bits per heavy atom. The second-order valence-corrected chi connectivity index (χ2v) is 16.2. The number of rotatable bonds is 21. The second-order valence-electron chi connectivity index (χ2n) is 16.2. The van der Waals surface area contributed by atoms with E-state index >= 15 is 14.4 Å². The number of nitrogens with zero attached hydrogens (tertiary/aromatic N) is 3. The van der Waals surface area contributed by atoms with E-state index in [1.807, 2.05) is 0 Å². The van der Waals surface area contributed by atoms with Crippen LogP contribution in [0.3, 0.4) is 0 Å². The third-order valence-corrected chi connectivity index (χ3v) is 12.1. The highest BCUT2D eigenvalue weighted by atomic mass is 19.2. The van der Waals surface area contributed by atoms with Gasteiger partial charge in [-0.25, -0.2) is 22.8 Å². The van der Waals surface area contributed by atoms with Crippen molar-refractivity contribution in [3.05, 3.63) is 65.0 Å². The lowest BCUT2D eigenvalue weighted by Gasteiger charge is -2.54. The van der Waals surface area contributed by atoms with Crippen molar-refractivity contribution >= 4 is 41.2 Å². The van der Waals surface area contributed by atoms with Crippen molar-refractivity contribution in [2.75, 3.05) is 21.1 Å². The number of hydrogen-bond acceptors (Lipinski definition) is 12. The Bertz CT molecular complexity index is 2060. The average molecular weight is 916 g/mol. The topological polar surface area (TPSA) is 208 Å². The molecule has 0 heterocycles. The summed E-state index contributed by atoms with van der Waals surface area (Å²) >= 11 is 0. The molecule has 356 valence electrons. The van der Waals surface area contributed by atoms with E-state index in [-0.39, 0.29) is 25.9 Å². The van der Waals surface area contributed by atoms with Crippen LogP contribution in [0.5, 0.6) is 5.75 Å². The molecular weight excluding hydrogens is 857 g/mol. The molecule has 0 fully saturated rings. The van der Waals surface area contributed by atoms with Crippen molar-refractivity contribution in [1.82, 2.24) is 14.7 Å². The molecule has 0 bridgehead atoms. The number of carbonyl (C=O) groups excluding carboxylic acids is 7. The first-order valence-corrected chi connectivity index (χ1v) is 20.5. The van der Waals surface area contributed by atoms with Crippen molar-refractivity contribution < 1.29 is 80.3 Å². The molecule has 3 N–H and O–H groups in total. The maximum absolute atomic E-state index is 16.4. The third-order valence-electron chi connectivity index (χ3n) is 12.1. The largest absolute Gasteiger partial charge is 0.445 e. The number of esters is 1. The van der Waals surface area contributed by atoms with Crippen molar-refractivity contribution in [2.45, 2.75) is 123 Å². The Morgan fingerprint density at radius 2 is 1.08 bits per heavy atom. The number of likely N-dealkylation sites (N-methyl/N-ethyl adjacent to an activating group) is 3. The van der Waals surface area contributed by atoms with Crippen LogP contribution in [0, 0.1) is 46.8 Å². The molecule has 0 spiro atoms. The van der Waals surface area contributed by atoms with E-state index in [1.54, 1.807) is 37.3 Å². The Labute approximate surface area is 368 Å². The summed E-state index contributed by atoms with van der Waals surface area (Å²) in [4.78, 5) is 105. The second kappa shape index (κ2) is 21.6. The number of benzene rings is 2. The smallest absolute Gasteiger partial charge is 0.410 e. The molecular formula is C44H58F5N3O12. The zero-order chi connectivity index (χ0) is 49.6. The number of carbonyl (C=O) groups is 7. The standard InChI is InChI=1S/C44H58F5N3O12/c1-13-22(4)33(50(10)41(61)63-21-27-19-17-16-18-20-27)35(55)43(23(5)14-2,51(11)36(56)25(7)53)39(59)44(24(6)15-3,52(12)37(57)26(8)54)38(58)42(9,62)40(60)64-34-31(48)29(46)28(45)30(47)32(34)49/h16-20,22-26,33,53-54,62H,13-15,21H2,1-12H3/t22-,23-,24-,25+,26+,33-,42-,43+,44-/m0/s1. The zero-order valence-electron chi connectivity index (χ0n) is 37.9. The molecule has 15 nitrogen and oxygen atoms in total. The molecule has 0 saturated heterocycles. The minimum Gasteiger partial charge on any atom is -0.445 e. The molecule has 2 aromatic rings. The molecule has 0 radical (unpaired) electrons. The number of aliphatic hydroxyl groups excluding tert-OH is 2. The average Bonchev–Trinajstić information content (AvgIpc) is 3.27. The molecule has 0 aliphatic rings. The first-order chi connectivity index (χ1) is 29.6. The predicted octanol–water partition coefficient (Wildman–Crippen LogP) is 4.68. The maximum atomic E-state index is 16.4. The van der Waals surface area contributed by atoms with Crippen LogP contribution in [0.2, 0.25) is 0 Å². The third kappa shape index (κ3) is 9.83. The van der Waals surface area contributed by atoms with Crippen LogP contribution < -0.4 is 4.74 Å². The van der Waals surface area contributed by atoms with E-state index in [9.17, 15) is 56.4 Å². The van der Waals surface area contributed by atoms with Gasteiger partial charge in [0.05, 0.1) is 6.04 Å². The number of halogens is 5. The van der Waals surface area contributed by atoms with Gasteiger partial charge in [-0.05, 0) is 44.1 Å². The lowest BCUT2D eigenvalue weighted by molar-refractivity contribution is -0.182. The fraction of sp³-hybridized carbons (Fsp3) is 0.568. The summed E-state index contributed by atoms with van der Waals surface area (Å²) in [6.07, 6.45) is -5.63. The Kier molecular flexibility index (Phi) is 18.5. The van der Waals surface area contributed by atoms with Gasteiger partial charge in [0, 0.05) is 21.1 Å². The Morgan fingerprint density at radius 1 is 0.656 bits per heavy atom. The van der Waals surface area contributed by atoms with E-state index in [0.717, 1.165) is 39.8 Å². The maximum Gasteiger partial charge on any atom is 0.410 e. The van der Waals surface area contributed by atoms with Gasteiger partial charge in [-0.2, -0.15) is 8.78 Å². The van der Waals surface area contributed by atoms with Crippen molar-refractivity contribution in [3.8, 4) is 5.75 Å². The van der Waals surface area contributed by atoms with Gasteiger partial charge in [0.25, 0.3) is 11.8 Å². The number of hydrogen-bond donors (Lipinski definition) is 3. The molecule has 64 heavy (non-hydrogen) atoms. The Hall–Kier alpha value is -5.34. The molecule has 2 aromatic carbocycles. The van der Waals surface area contributed by atoms with Gasteiger partial charge >= 0.3 is 12.1 Å². The summed E-state index contributed by atoms with van der Waals surface area (Å²) in [7, 11) is 2.88. The minimum atomic E-state index is -3.92. The van der Waals surface area contributed by atoms with Crippen molar-refractivity contribution in [3.63, 3.8) is 0 Å². The fourth-order valence-electron chi connectivity index (χ4n) is 7.73. The quantitative estimate of drug-likeness (QED) is 0.0390. The highest BCUT2D eigenvalue weighted by Gasteiger charge is 2.71. The van der Waals surface area contributed by atoms with Gasteiger partial charge < -0.3 is 39.5 Å². The van der Waals surface area contributed by atoms with E-state index in [4.69, 9.17) is 4.74 Å². The highest BCUT2D eigenvalue weighted by molar-refractivity contribution is 6.30. The number of Topliss-reactive ketones (excluding diaryl/α,β-unsaturated/α-hetero) is 3. The molecule has 3 amide bonds. The molecule has 0 saturated carbocycles. The first kappa shape index (κ1) is 54.8. The summed E-state index contributed by atoms with van der Waals surface area (Å²) in [5.74, 6) is -29.8. The van der Waals surface area contributed by atoms with Crippen LogP contribution in [0.25, 0.3) is 0 Å². The van der Waals surface area contributed by atoms with E-state index < -0.39 is 129 Å². The minimum absolute atomic E-state index is 0.111. The van der Waals surface area contributed by atoms with Crippen LogP contribution in [0.1, 0.15) is 87.1 Å². The Balaban J connectivity index is 3.26. The number of aliphatic hydroxyl groups is 3. The summed E-state index contributed by atoms with van der Waals surface area (Å²) in [6, 6.07) is 6.64. The molecule has 2 rings (SSSR count). The van der Waals surface area contributed by atoms with Crippen LogP contribution in [0.4, 0.5) is 26.7 Å². The molecule has 20 heteroatoms. The molecule has 0 aliphatic heterocycles. The first-order valence-electron chi connectivity index (χ1n) is 20.5. The normalized spacial score (nSPS) is 17.1. The van der Waals surface area contributed by atoms with Crippen LogP contribution in [-0.2, 0) is 40.1 Å². The summed E-state index contributed by atoms with van der Waals surface area (Å²) in [6.45, 7) is 10.4. The summed E-state index contributed by atoms with van der Waals surface area (Å²) in [5, 5.41) is 33.3. The summed E-state index contributed by atoms with van der Waals surface area (Å²) < 4.78 is 82.0. The van der Waals surface area contributed by atoms with Crippen LogP contribution in [-0.4, -0.2) is 127 Å². The van der Waals surface area contributed by atoms with Crippen molar-refractivity contribution in [1.29, 1.82) is 0 Å². The van der Waals surface area contributed by atoms with Gasteiger partial charge in [-0.3, -0.25) is 24.0 Å². The molecule has 0 unspecified atom stereocenters. The number of ketones is 3. The van der Waals surface area contributed by atoms with Crippen LogP contribution in [0.15, 0.2) is 30.3 Å². The van der Waals surface area contributed by atoms with Gasteiger partial charge in [-0.15, -0.1) is 0 Å². The van der Waals surface area contributed by atoms with E-state index in [2.05, 4.69) is 4.74 Å².